The van der Waals surface area contributed by atoms with Gasteiger partial charge in [-0.25, -0.2) is 0 Å². The molecule has 4 aliphatic carbocycles. The van der Waals surface area contributed by atoms with Crippen LogP contribution in [0.4, 0.5) is 0 Å². The summed E-state index contributed by atoms with van der Waals surface area (Å²) in [5.74, 6) is 3.33. The molecule has 4 bridgehead atoms. The van der Waals surface area contributed by atoms with Gasteiger partial charge < -0.3 is 10.6 Å². The zero-order chi connectivity index (χ0) is 13.6. The van der Waals surface area contributed by atoms with E-state index in [4.69, 9.17) is 5.73 Å². The van der Waals surface area contributed by atoms with E-state index < -0.39 is 0 Å². The van der Waals surface area contributed by atoms with Gasteiger partial charge >= 0.3 is 0 Å². The summed E-state index contributed by atoms with van der Waals surface area (Å²) in [5, 5.41) is 0. The minimum atomic E-state index is -0.142. The smallest absolute Gasteiger partial charge is 0.236 e. The Kier molecular flexibility index (Phi) is 3.37. The van der Waals surface area contributed by atoms with Gasteiger partial charge in [0.1, 0.15) is 0 Å². The molecule has 19 heavy (non-hydrogen) atoms. The molecule has 2 N–H and O–H groups in total. The lowest BCUT2D eigenvalue weighted by Gasteiger charge is -2.54. The predicted molar refractivity (Wildman–Crippen MR) is 72.2 cm³/mol. The van der Waals surface area contributed by atoms with Crippen LogP contribution in [-0.4, -0.2) is 36.7 Å². The topological polar surface area (TPSA) is 63.4 Å². The quantitative estimate of drug-likeness (QED) is 0.825. The Morgan fingerprint density at radius 2 is 1.58 bits per heavy atom. The number of rotatable bonds is 4. The molecule has 0 atom stereocenters. The van der Waals surface area contributed by atoms with E-state index in [0.717, 1.165) is 11.8 Å². The Morgan fingerprint density at radius 1 is 1.05 bits per heavy atom. The van der Waals surface area contributed by atoms with Gasteiger partial charge in [0.05, 0.1) is 13.1 Å². The van der Waals surface area contributed by atoms with E-state index in [0.29, 0.717) is 11.8 Å². The van der Waals surface area contributed by atoms with Gasteiger partial charge in [0.25, 0.3) is 0 Å². The molecule has 4 nitrogen and oxygen atoms in total. The van der Waals surface area contributed by atoms with Crippen LogP contribution in [0.1, 0.15) is 32.1 Å². The molecule has 0 aromatic heterocycles. The average Bonchev–Trinajstić information content (AvgIpc) is 2.36. The first kappa shape index (κ1) is 13.1. The zero-order valence-corrected chi connectivity index (χ0v) is 11.7. The van der Waals surface area contributed by atoms with Gasteiger partial charge in [-0.05, 0) is 55.8 Å². The standard InChI is InChI=1S/C15H24N2O2/c1-17(14(19)7-16)8-13(18)15-11-3-9-2-10(5-11)6-12(15)4-9/h9-12,15H,2-8,16H2,1H3. The average molecular weight is 264 g/mol. The summed E-state index contributed by atoms with van der Waals surface area (Å²) in [6.07, 6.45) is 6.39. The number of hydrogen-bond donors (Lipinski definition) is 1. The molecule has 4 fully saturated rings. The lowest BCUT2D eigenvalue weighted by molar-refractivity contribution is -0.141. The van der Waals surface area contributed by atoms with Crippen molar-refractivity contribution in [2.75, 3.05) is 20.1 Å². The number of carbonyl (C=O) groups excluding carboxylic acids is 2. The number of amides is 1. The Balaban J connectivity index is 1.66. The maximum absolute atomic E-state index is 12.5. The van der Waals surface area contributed by atoms with Crippen LogP contribution in [0.25, 0.3) is 0 Å². The van der Waals surface area contributed by atoms with Crippen LogP contribution in [0.3, 0.4) is 0 Å². The maximum atomic E-state index is 12.5. The molecule has 0 unspecified atom stereocenters. The van der Waals surface area contributed by atoms with Crippen molar-refractivity contribution >= 4 is 11.7 Å². The van der Waals surface area contributed by atoms with Crippen molar-refractivity contribution in [2.24, 2.45) is 35.3 Å². The van der Waals surface area contributed by atoms with Crippen molar-refractivity contribution in [2.45, 2.75) is 32.1 Å². The van der Waals surface area contributed by atoms with Gasteiger partial charge in [-0.1, -0.05) is 0 Å². The number of likely N-dealkylation sites (N-methyl/N-ethyl adjacent to an activating group) is 1. The third kappa shape index (κ3) is 2.31. The van der Waals surface area contributed by atoms with Crippen LogP contribution in [0.5, 0.6) is 0 Å². The Labute approximate surface area is 114 Å². The third-order valence-electron chi connectivity index (χ3n) is 5.59. The number of nitrogens with two attached hydrogens (primary N) is 1. The highest BCUT2D eigenvalue weighted by atomic mass is 16.2. The van der Waals surface area contributed by atoms with E-state index in [1.54, 1.807) is 7.05 Å². The summed E-state index contributed by atoms with van der Waals surface area (Å²) in [7, 11) is 1.68. The summed E-state index contributed by atoms with van der Waals surface area (Å²) >= 11 is 0. The molecule has 0 radical (unpaired) electrons. The van der Waals surface area contributed by atoms with Crippen LogP contribution in [0, 0.1) is 29.6 Å². The fourth-order valence-corrected chi connectivity index (χ4v) is 5.03. The summed E-state index contributed by atoms with van der Waals surface area (Å²) in [6, 6.07) is 0. The van der Waals surface area contributed by atoms with E-state index in [1.165, 1.54) is 37.0 Å². The van der Waals surface area contributed by atoms with Gasteiger partial charge in [-0.15, -0.1) is 0 Å². The molecule has 1 amide bonds. The molecule has 0 spiro atoms. The second-order valence-electron chi connectivity index (χ2n) is 6.88. The molecule has 4 saturated carbocycles. The molecule has 0 aromatic carbocycles. The summed E-state index contributed by atoms with van der Waals surface area (Å²) in [4.78, 5) is 25.5. The second kappa shape index (κ2) is 4.89. The number of carbonyl (C=O) groups is 2. The highest BCUT2D eigenvalue weighted by Gasteiger charge is 2.50. The third-order valence-corrected chi connectivity index (χ3v) is 5.59. The molecular weight excluding hydrogens is 240 g/mol. The second-order valence-corrected chi connectivity index (χ2v) is 6.88. The molecule has 4 heteroatoms. The SMILES string of the molecule is CN(CC(=O)C1C2CC3CC(C2)CC1C3)C(=O)CN. The van der Waals surface area contributed by atoms with E-state index in [1.807, 2.05) is 0 Å². The lowest BCUT2D eigenvalue weighted by atomic mass is 9.51. The maximum Gasteiger partial charge on any atom is 0.236 e. The lowest BCUT2D eigenvalue weighted by Crippen LogP contribution is -2.50. The number of hydrogen-bond acceptors (Lipinski definition) is 3. The van der Waals surface area contributed by atoms with Crippen molar-refractivity contribution in [1.29, 1.82) is 0 Å². The molecule has 4 rings (SSSR count). The molecule has 106 valence electrons. The van der Waals surface area contributed by atoms with Crippen molar-refractivity contribution in [3.63, 3.8) is 0 Å². The first-order chi connectivity index (χ1) is 9.08. The summed E-state index contributed by atoms with van der Waals surface area (Å²) in [5.41, 5.74) is 5.34. The van der Waals surface area contributed by atoms with E-state index in [2.05, 4.69) is 0 Å². The van der Waals surface area contributed by atoms with Crippen molar-refractivity contribution in [1.82, 2.24) is 4.90 Å². The van der Waals surface area contributed by atoms with E-state index >= 15 is 0 Å². The molecule has 0 saturated heterocycles. The normalized spacial score (nSPS) is 39.4. The van der Waals surface area contributed by atoms with Gasteiger partial charge in [-0.3, -0.25) is 9.59 Å². The number of Topliss-reactive ketones (excluding diaryl/α,β-unsaturated/α-hetero) is 1. The molecule has 4 aliphatic rings. The van der Waals surface area contributed by atoms with Gasteiger partial charge in [0, 0.05) is 13.0 Å². The number of ketones is 1. The minimum absolute atomic E-state index is 0.00848. The molecule has 0 aliphatic heterocycles. The fourth-order valence-electron chi connectivity index (χ4n) is 5.03. The summed E-state index contributed by atoms with van der Waals surface area (Å²) < 4.78 is 0. The van der Waals surface area contributed by atoms with Crippen molar-refractivity contribution < 1.29 is 9.59 Å². The van der Waals surface area contributed by atoms with Crippen LogP contribution in [0.15, 0.2) is 0 Å². The predicted octanol–water partition coefficient (Wildman–Crippen LogP) is 1.04. The van der Waals surface area contributed by atoms with Crippen LogP contribution < -0.4 is 5.73 Å². The zero-order valence-electron chi connectivity index (χ0n) is 11.7. The molecule has 0 heterocycles. The van der Waals surface area contributed by atoms with Crippen LogP contribution in [-0.2, 0) is 9.59 Å². The minimum Gasteiger partial charge on any atom is -0.337 e. The van der Waals surface area contributed by atoms with E-state index in [-0.39, 0.29) is 30.7 Å². The fraction of sp³-hybridized carbons (Fsp3) is 0.867. The van der Waals surface area contributed by atoms with E-state index in [9.17, 15) is 9.59 Å². The first-order valence-corrected chi connectivity index (χ1v) is 7.55. The van der Waals surface area contributed by atoms with Gasteiger partial charge in [0.2, 0.25) is 5.91 Å². The highest BCUT2D eigenvalue weighted by molar-refractivity contribution is 5.88. The Hall–Kier alpha value is -0.900. The van der Waals surface area contributed by atoms with Crippen LogP contribution >= 0.6 is 0 Å². The molecule has 0 aromatic rings. The first-order valence-electron chi connectivity index (χ1n) is 7.55. The monoisotopic (exact) mass is 264 g/mol. The van der Waals surface area contributed by atoms with Gasteiger partial charge in [-0.2, -0.15) is 0 Å². The van der Waals surface area contributed by atoms with Crippen molar-refractivity contribution in [3.05, 3.63) is 0 Å². The molecular formula is C15H24N2O2. The largest absolute Gasteiger partial charge is 0.337 e. The Morgan fingerprint density at radius 3 is 2.05 bits per heavy atom. The number of nitrogens with zero attached hydrogens (tertiary/aromatic N) is 1. The Bertz CT molecular complexity index is 366. The van der Waals surface area contributed by atoms with Crippen LogP contribution in [0.2, 0.25) is 0 Å². The van der Waals surface area contributed by atoms with Gasteiger partial charge in [0.15, 0.2) is 5.78 Å². The summed E-state index contributed by atoms with van der Waals surface area (Å²) in [6.45, 7) is 0.245. The highest BCUT2D eigenvalue weighted by Crippen LogP contribution is 2.56. The van der Waals surface area contributed by atoms with Crippen molar-refractivity contribution in [3.8, 4) is 0 Å².